The molecule has 4 N–H and O–H groups in total. The minimum atomic E-state index is -0.544. The summed E-state index contributed by atoms with van der Waals surface area (Å²) < 4.78 is 0. The van der Waals surface area contributed by atoms with E-state index in [4.69, 9.17) is 10.9 Å². The molecular formula is C9H18N2O3. The first kappa shape index (κ1) is 13.1. The largest absolute Gasteiger partial charge is 0.324 e. The van der Waals surface area contributed by atoms with Gasteiger partial charge in [-0.25, -0.2) is 5.48 Å². The standard InChI is InChI=1S/C9H18N2O3/c1-6(2)3-7(8(12)5-10)4-9(13)11-14/h6-7,14H,3-5,10H2,1-2H3,(H,11,13). The van der Waals surface area contributed by atoms with Crippen LogP contribution < -0.4 is 11.2 Å². The van der Waals surface area contributed by atoms with Crippen molar-refractivity contribution in [2.75, 3.05) is 6.54 Å². The van der Waals surface area contributed by atoms with Crippen LogP contribution in [0.5, 0.6) is 0 Å². The third-order valence-electron chi connectivity index (χ3n) is 1.97. The van der Waals surface area contributed by atoms with Crippen molar-refractivity contribution in [2.45, 2.75) is 26.7 Å². The maximum atomic E-state index is 11.3. The molecule has 5 nitrogen and oxygen atoms in total. The zero-order chi connectivity index (χ0) is 11.1. The van der Waals surface area contributed by atoms with Crippen molar-refractivity contribution in [2.24, 2.45) is 17.6 Å². The molecule has 5 heteroatoms. The van der Waals surface area contributed by atoms with E-state index in [-0.39, 0.29) is 24.7 Å². The van der Waals surface area contributed by atoms with Crippen molar-refractivity contribution in [1.82, 2.24) is 5.48 Å². The first-order chi connectivity index (χ1) is 6.51. The highest BCUT2D eigenvalue weighted by molar-refractivity contribution is 5.87. The van der Waals surface area contributed by atoms with Crippen molar-refractivity contribution >= 4 is 11.7 Å². The van der Waals surface area contributed by atoms with Gasteiger partial charge < -0.3 is 5.73 Å². The van der Waals surface area contributed by atoms with Gasteiger partial charge in [-0.2, -0.15) is 0 Å². The van der Waals surface area contributed by atoms with E-state index in [2.05, 4.69) is 0 Å². The van der Waals surface area contributed by atoms with Crippen molar-refractivity contribution in [1.29, 1.82) is 0 Å². The highest BCUT2D eigenvalue weighted by Crippen LogP contribution is 2.16. The van der Waals surface area contributed by atoms with Gasteiger partial charge in [0.05, 0.1) is 6.54 Å². The number of carbonyl (C=O) groups excluding carboxylic acids is 2. The molecule has 0 aromatic carbocycles. The Morgan fingerprint density at radius 3 is 2.36 bits per heavy atom. The topological polar surface area (TPSA) is 92.4 Å². The van der Waals surface area contributed by atoms with Crippen LogP contribution in [0.15, 0.2) is 0 Å². The Bertz CT molecular complexity index is 204. The summed E-state index contributed by atoms with van der Waals surface area (Å²) in [5, 5.41) is 8.33. The van der Waals surface area contributed by atoms with Crippen LogP contribution in [0.1, 0.15) is 26.7 Å². The molecule has 82 valence electrons. The minimum Gasteiger partial charge on any atom is -0.324 e. The number of ketones is 1. The van der Waals surface area contributed by atoms with Crippen LogP contribution in [0, 0.1) is 11.8 Å². The number of nitrogens with two attached hydrogens (primary N) is 1. The van der Waals surface area contributed by atoms with Crippen molar-refractivity contribution < 1.29 is 14.8 Å². The summed E-state index contributed by atoms with van der Waals surface area (Å²) in [6, 6.07) is 0. The fourth-order valence-electron chi connectivity index (χ4n) is 1.33. The van der Waals surface area contributed by atoms with Gasteiger partial charge >= 0.3 is 0 Å². The summed E-state index contributed by atoms with van der Waals surface area (Å²) in [5.74, 6) is -0.742. The smallest absolute Gasteiger partial charge is 0.244 e. The Labute approximate surface area is 83.6 Å². The third kappa shape index (κ3) is 4.94. The predicted octanol–water partition coefficient (Wildman–Crippen LogP) is 0.0720. The molecule has 0 aromatic rings. The lowest BCUT2D eigenvalue weighted by molar-refractivity contribution is -0.133. The van der Waals surface area contributed by atoms with E-state index in [1.807, 2.05) is 13.8 Å². The van der Waals surface area contributed by atoms with Gasteiger partial charge in [-0.15, -0.1) is 0 Å². The van der Waals surface area contributed by atoms with Gasteiger partial charge in [0, 0.05) is 12.3 Å². The van der Waals surface area contributed by atoms with E-state index >= 15 is 0 Å². The number of hydrogen-bond acceptors (Lipinski definition) is 4. The lowest BCUT2D eigenvalue weighted by Gasteiger charge is -2.15. The van der Waals surface area contributed by atoms with E-state index in [0.717, 1.165) is 0 Å². The Morgan fingerprint density at radius 2 is 2.00 bits per heavy atom. The molecule has 0 aliphatic carbocycles. The number of hydrogen-bond donors (Lipinski definition) is 3. The van der Waals surface area contributed by atoms with Crippen molar-refractivity contribution in [3.05, 3.63) is 0 Å². The number of Topliss-reactive ketones (excluding diaryl/α,β-unsaturated/α-hetero) is 1. The minimum absolute atomic E-state index is 0.00468. The molecule has 14 heavy (non-hydrogen) atoms. The average Bonchev–Trinajstić information content (AvgIpc) is 2.14. The molecule has 0 radical (unpaired) electrons. The first-order valence-electron chi connectivity index (χ1n) is 4.67. The first-order valence-corrected chi connectivity index (χ1v) is 4.67. The highest BCUT2D eigenvalue weighted by atomic mass is 16.5. The van der Waals surface area contributed by atoms with Crippen molar-refractivity contribution in [3.63, 3.8) is 0 Å². The van der Waals surface area contributed by atoms with Crippen LogP contribution in [0.2, 0.25) is 0 Å². The number of amides is 1. The summed E-state index contributed by atoms with van der Waals surface area (Å²) in [6.07, 6.45) is 0.619. The van der Waals surface area contributed by atoms with Gasteiger partial charge in [-0.3, -0.25) is 14.8 Å². The molecule has 0 spiro atoms. The quantitative estimate of drug-likeness (QED) is 0.420. The molecule has 0 saturated heterocycles. The number of rotatable bonds is 6. The molecule has 0 aliphatic heterocycles. The molecule has 1 atom stereocenters. The van der Waals surface area contributed by atoms with Gasteiger partial charge in [-0.1, -0.05) is 13.8 Å². The summed E-state index contributed by atoms with van der Waals surface area (Å²) in [4.78, 5) is 22.2. The van der Waals surface area contributed by atoms with Crippen LogP contribution >= 0.6 is 0 Å². The van der Waals surface area contributed by atoms with E-state index in [0.29, 0.717) is 12.3 Å². The molecule has 1 amide bonds. The van der Waals surface area contributed by atoms with Crippen LogP contribution in [0.3, 0.4) is 0 Å². The number of carbonyl (C=O) groups is 2. The van der Waals surface area contributed by atoms with E-state index in [9.17, 15) is 9.59 Å². The zero-order valence-corrected chi connectivity index (χ0v) is 8.62. The zero-order valence-electron chi connectivity index (χ0n) is 8.62. The second-order valence-electron chi connectivity index (χ2n) is 3.74. The van der Waals surface area contributed by atoms with Gasteiger partial charge in [0.2, 0.25) is 5.91 Å². The SMILES string of the molecule is CC(C)CC(CC(=O)NO)C(=O)CN. The number of nitrogens with one attached hydrogen (secondary N) is 1. The average molecular weight is 202 g/mol. The molecule has 0 rings (SSSR count). The van der Waals surface area contributed by atoms with E-state index in [1.54, 1.807) is 0 Å². The fraction of sp³-hybridized carbons (Fsp3) is 0.778. The molecule has 0 heterocycles. The van der Waals surface area contributed by atoms with Gasteiger partial charge in [0.1, 0.15) is 5.78 Å². The molecule has 0 bridgehead atoms. The fourth-order valence-corrected chi connectivity index (χ4v) is 1.33. The van der Waals surface area contributed by atoms with Gasteiger partial charge in [0.25, 0.3) is 0 Å². The van der Waals surface area contributed by atoms with E-state index < -0.39 is 5.91 Å². The van der Waals surface area contributed by atoms with Crippen LogP contribution in [0.4, 0.5) is 0 Å². The maximum Gasteiger partial charge on any atom is 0.244 e. The number of hydroxylamine groups is 1. The third-order valence-corrected chi connectivity index (χ3v) is 1.97. The van der Waals surface area contributed by atoms with Crippen LogP contribution in [-0.2, 0) is 9.59 Å². The Morgan fingerprint density at radius 1 is 1.43 bits per heavy atom. The van der Waals surface area contributed by atoms with Crippen LogP contribution in [0.25, 0.3) is 0 Å². The Kier molecular flexibility index (Phi) is 6.07. The second kappa shape index (κ2) is 6.50. The molecule has 0 fully saturated rings. The summed E-state index contributed by atoms with van der Waals surface area (Å²) >= 11 is 0. The lowest BCUT2D eigenvalue weighted by atomic mass is 9.90. The van der Waals surface area contributed by atoms with Crippen molar-refractivity contribution in [3.8, 4) is 0 Å². The highest BCUT2D eigenvalue weighted by Gasteiger charge is 2.21. The van der Waals surface area contributed by atoms with Gasteiger partial charge in [0.15, 0.2) is 0 Å². The molecular weight excluding hydrogens is 184 g/mol. The normalized spacial score (nSPS) is 12.6. The summed E-state index contributed by atoms with van der Waals surface area (Å²) in [6.45, 7) is 3.87. The molecule has 0 aromatic heterocycles. The Balaban J connectivity index is 4.24. The molecule has 1 unspecified atom stereocenters. The predicted molar refractivity (Wildman–Crippen MR) is 51.6 cm³/mol. The summed E-state index contributed by atoms with van der Waals surface area (Å²) in [7, 11) is 0. The van der Waals surface area contributed by atoms with E-state index in [1.165, 1.54) is 5.48 Å². The monoisotopic (exact) mass is 202 g/mol. The maximum absolute atomic E-state index is 11.3. The lowest BCUT2D eigenvalue weighted by Crippen LogP contribution is -2.30. The van der Waals surface area contributed by atoms with Crippen LogP contribution in [-0.4, -0.2) is 23.4 Å². The molecule has 0 aliphatic rings. The molecule has 0 saturated carbocycles. The second-order valence-corrected chi connectivity index (χ2v) is 3.74. The Hall–Kier alpha value is -0.940. The summed E-state index contributed by atoms with van der Waals surface area (Å²) in [5.41, 5.74) is 6.74. The van der Waals surface area contributed by atoms with Gasteiger partial charge in [-0.05, 0) is 12.3 Å².